The molecule has 0 spiro atoms. The van der Waals surface area contributed by atoms with E-state index in [1.54, 1.807) is 6.07 Å². The molecule has 0 aliphatic carbocycles. The Kier molecular flexibility index (Phi) is 5.12. The molecule has 1 aromatic rings. The molecule has 1 unspecified atom stereocenters. The van der Waals surface area contributed by atoms with Crippen molar-refractivity contribution in [3.8, 4) is 11.5 Å². The van der Waals surface area contributed by atoms with Gasteiger partial charge in [-0.05, 0) is 38.0 Å². The fourth-order valence-corrected chi connectivity index (χ4v) is 1.38. The molecule has 0 aromatic heterocycles. The predicted octanol–water partition coefficient (Wildman–Crippen LogP) is 2.68. The SMILES string of the molecule is CCOc1cc(CNC(C)CC)ccc1O. The van der Waals surface area contributed by atoms with Gasteiger partial charge < -0.3 is 15.2 Å². The molecule has 1 aromatic carbocycles. The van der Waals surface area contributed by atoms with E-state index in [0.717, 1.165) is 18.5 Å². The molecule has 2 N–H and O–H groups in total. The maximum absolute atomic E-state index is 9.54. The smallest absolute Gasteiger partial charge is 0.161 e. The van der Waals surface area contributed by atoms with Crippen molar-refractivity contribution in [2.75, 3.05) is 6.61 Å². The highest BCUT2D eigenvalue weighted by atomic mass is 16.5. The number of benzene rings is 1. The number of hydrogen-bond donors (Lipinski definition) is 2. The lowest BCUT2D eigenvalue weighted by Gasteiger charge is -2.12. The van der Waals surface area contributed by atoms with Crippen LogP contribution in [-0.4, -0.2) is 17.8 Å². The van der Waals surface area contributed by atoms with Crippen molar-refractivity contribution in [2.24, 2.45) is 0 Å². The molecular weight excluding hydrogens is 202 g/mol. The van der Waals surface area contributed by atoms with E-state index in [1.807, 2.05) is 19.1 Å². The van der Waals surface area contributed by atoms with Gasteiger partial charge in [0.1, 0.15) is 0 Å². The Morgan fingerprint density at radius 1 is 1.38 bits per heavy atom. The van der Waals surface area contributed by atoms with Crippen LogP contribution in [0.3, 0.4) is 0 Å². The third-order valence-corrected chi connectivity index (χ3v) is 2.59. The van der Waals surface area contributed by atoms with Gasteiger partial charge in [-0.3, -0.25) is 0 Å². The minimum Gasteiger partial charge on any atom is -0.504 e. The van der Waals surface area contributed by atoms with Crippen LogP contribution < -0.4 is 10.1 Å². The van der Waals surface area contributed by atoms with Crippen molar-refractivity contribution in [1.82, 2.24) is 5.32 Å². The average molecular weight is 223 g/mol. The quantitative estimate of drug-likeness (QED) is 0.779. The van der Waals surface area contributed by atoms with Crippen LogP contribution in [0.25, 0.3) is 0 Å². The van der Waals surface area contributed by atoms with Crippen LogP contribution in [-0.2, 0) is 6.54 Å². The molecule has 3 heteroatoms. The molecule has 0 aliphatic rings. The molecule has 0 heterocycles. The number of aromatic hydroxyl groups is 1. The zero-order chi connectivity index (χ0) is 12.0. The van der Waals surface area contributed by atoms with Gasteiger partial charge in [0.25, 0.3) is 0 Å². The summed E-state index contributed by atoms with van der Waals surface area (Å²) in [6, 6.07) is 5.98. The third-order valence-electron chi connectivity index (χ3n) is 2.59. The normalized spacial score (nSPS) is 12.4. The number of phenolic OH excluding ortho intramolecular Hbond substituents is 1. The van der Waals surface area contributed by atoms with Gasteiger partial charge >= 0.3 is 0 Å². The maximum atomic E-state index is 9.54. The molecule has 0 saturated heterocycles. The third kappa shape index (κ3) is 3.74. The second-order valence-electron chi connectivity index (χ2n) is 3.93. The molecule has 0 radical (unpaired) electrons. The molecule has 3 nitrogen and oxygen atoms in total. The lowest BCUT2D eigenvalue weighted by Crippen LogP contribution is -2.24. The van der Waals surface area contributed by atoms with Crippen LogP contribution in [0.15, 0.2) is 18.2 Å². The topological polar surface area (TPSA) is 41.5 Å². The highest BCUT2D eigenvalue weighted by molar-refractivity contribution is 5.41. The van der Waals surface area contributed by atoms with Gasteiger partial charge in [-0.25, -0.2) is 0 Å². The zero-order valence-corrected chi connectivity index (χ0v) is 10.3. The second kappa shape index (κ2) is 6.38. The highest BCUT2D eigenvalue weighted by Crippen LogP contribution is 2.26. The van der Waals surface area contributed by atoms with Crippen molar-refractivity contribution in [3.05, 3.63) is 23.8 Å². The number of nitrogens with one attached hydrogen (secondary N) is 1. The average Bonchev–Trinajstić information content (AvgIpc) is 2.30. The Labute approximate surface area is 97.4 Å². The summed E-state index contributed by atoms with van der Waals surface area (Å²) < 4.78 is 5.33. The Balaban J connectivity index is 2.63. The summed E-state index contributed by atoms with van der Waals surface area (Å²) in [5, 5.41) is 12.9. The summed E-state index contributed by atoms with van der Waals surface area (Å²) in [5.41, 5.74) is 1.13. The van der Waals surface area contributed by atoms with Crippen LogP contribution in [0.4, 0.5) is 0 Å². The van der Waals surface area contributed by atoms with Crippen LogP contribution in [0.2, 0.25) is 0 Å². The fourth-order valence-electron chi connectivity index (χ4n) is 1.38. The van der Waals surface area contributed by atoms with Crippen LogP contribution in [0.5, 0.6) is 11.5 Å². The van der Waals surface area contributed by atoms with Gasteiger partial charge in [0.2, 0.25) is 0 Å². The molecule has 0 aliphatic heterocycles. The number of rotatable bonds is 6. The molecule has 0 amide bonds. The number of phenols is 1. The van der Waals surface area contributed by atoms with Gasteiger partial charge in [0, 0.05) is 12.6 Å². The summed E-state index contributed by atoms with van der Waals surface area (Å²) in [5.74, 6) is 0.764. The van der Waals surface area contributed by atoms with E-state index < -0.39 is 0 Å². The van der Waals surface area contributed by atoms with Gasteiger partial charge in [-0.2, -0.15) is 0 Å². The monoisotopic (exact) mass is 223 g/mol. The van der Waals surface area contributed by atoms with E-state index in [1.165, 1.54) is 0 Å². The van der Waals surface area contributed by atoms with Gasteiger partial charge in [-0.15, -0.1) is 0 Å². The molecule has 1 rings (SSSR count). The zero-order valence-electron chi connectivity index (χ0n) is 10.3. The predicted molar refractivity (Wildman–Crippen MR) is 65.9 cm³/mol. The first-order valence-corrected chi connectivity index (χ1v) is 5.85. The standard InChI is InChI=1S/C13H21NO2/c1-4-10(3)14-9-11-6-7-12(15)13(8-11)16-5-2/h6-8,10,14-15H,4-5,9H2,1-3H3. The molecule has 0 fully saturated rings. The van der Waals surface area contributed by atoms with Crippen molar-refractivity contribution in [1.29, 1.82) is 0 Å². The van der Waals surface area contributed by atoms with Crippen LogP contribution >= 0.6 is 0 Å². The Hall–Kier alpha value is -1.22. The van der Waals surface area contributed by atoms with E-state index in [-0.39, 0.29) is 5.75 Å². The number of ether oxygens (including phenoxy) is 1. The molecule has 90 valence electrons. The van der Waals surface area contributed by atoms with E-state index in [0.29, 0.717) is 18.4 Å². The van der Waals surface area contributed by atoms with Crippen molar-refractivity contribution < 1.29 is 9.84 Å². The van der Waals surface area contributed by atoms with Gasteiger partial charge in [0.05, 0.1) is 6.61 Å². The minimum atomic E-state index is 0.203. The van der Waals surface area contributed by atoms with Gasteiger partial charge in [-0.1, -0.05) is 13.0 Å². The minimum absolute atomic E-state index is 0.203. The molecular formula is C13H21NO2. The lowest BCUT2D eigenvalue weighted by atomic mass is 10.2. The fraction of sp³-hybridized carbons (Fsp3) is 0.538. The summed E-state index contributed by atoms with van der Waals surface area (Å²) >= 11 is 0. The molecule has 1 atom stereocenters. The first-order valence-electron chi connectivity index (χ1n) is 5.85. The van der Waals surface area contributed by atoms with Crippen LogP contribution in [0, 0.1) is 0 Å². The van der Waals surface area contributed by atoms with Crippen molar-refractivity contribution >= 4 is 0 Å². The Bertz CT molecular complexity index is 326. The summed E-state index contributed by atoms with van der Waals surface area (Å²) in [6.45, 7) is 7.58. The van der Waals surface area contributed by atoms with E-state index in [4.69, 9.17) is 4.74 Å². The summed E-state index contributed by atoms with van der Waals surface area (Å²) in [6.07, 6.45) is 1.11. The van der Waals surface area contributed by atoms with E-state index in [2.05, 4.69) is 19.2 Å². The summed E-state index contributed by atoms with van der Waals surface area (Å²) in [4.78, 5) is 0. The first kappa shape index (κ1) is 12.8. The first-order chi connectivity index (χ1) is 7.67. The van der Waals surface area contributed by atoms with Crippen molar-refractivity contribution in [3.63, 3.8) is 0 Å². The van der Waals surface area contributed by atoms with Gasteiger partial charge in [0.15, 0.2) is 11.5 Å². The Morgan fingerprint density at radius 2 is 2.12 bits per heavy atom. The maximum Gasteiger partial charge on any atom is 0.161 e. The lowest BCUT2D eigenvalue weighted by molar-refractivity contribution is 0.317. The molecule has 0 saturated carbocycles. The van der Waals surface area contributed by atoms with E-state index in [9.17, 15) is 5.11 Å². The Morgan fingerprint density at radius 3 is 2.75 bits per heavy atom. The number of hydrogen-bond acceptors (Lipinski definition) is 3. The molecule has 0 bridgehead atoms. The van der Waals surface area contributed by atoms with Crippen molar-refractivity contribution in [2.45, 2.75) is 39.8 Å². The van der Waals surface area contributed by atoms with E-state index >= 15 is 0 Å². The molecule has 16 heavy (non-hydrogen) atoms. The largest absolute Gasteiger partial charge is 0.504 e. The van der Waals surface area contributed by atoms with Crippen LogP contribution in [0.1, 0.15) is 32.8 Å². The summed E-state index contributed by atoms with van der Waals surface area (Å²) in [7, 11) is 0. The highest BCUT2D eigenvalue weighted by Gasteiger charge is 2.04. The second-order valence-corrected chi connectivity index (χ2v) is 3.93.